The Hall–Kier alpha value is -1.25. The summed E-state index contributed by atoms with van der Waals surface area (Å²) in [4.78, 5) is 0. The number of aliphatic hydroxyl groups excluding tert-OH is 3. The lowest BCUT2D eigenvalue weighted by molar-refractivity contribution is -0.893. The van der Waals surface area contributed by atoms with Gasteiger partial charge in [-0.05, 0) is 6.42 Å². The molecule has 2 unspecified atom stereocenters. The van der Waals surface area contributed by atoms with Crippen LogP contribution in [0.1, 0.15) is 12.8 Å². The van der Waals surface area contributed by atoms with Gasteiger partial charge in [-0.25, -0.2) is 16.8 Å². The van der Waals surface area contributed by atoms with Gasteiger partial charge in [0.15, 0.2) is 0 Å². The van der Waals surface area contributed by atoms with Gasteiger partial charge in [0.2, 0.25) is 0 Å². The van der Waals surface area contributed by atoms with E-state index < -0.39 is 128 Å². The molecule has 0 saturated carbocycles. The third kappa shape index (κ3) is 8.52. The maximum atomic E-state index is 14.7. The van der Waals surface area contributed by atoms with Crippen LogP contribution in [0, 0.1) is 0 Å². The minimum Gasteiger partial charge on any atom is -0.748 e. The standard InChI is InChI=1S/C18H27F13N2O8S2/c1-33(2,8-12(36)10-35)6-4-11(9-34)32(5-3-7-42(37,38)39)43(40,41)18(30,31)16(25,26)14(21,22)13(19,20)15(23,24)17(27,28)29/h11-12,34-36H,3-10H2,1-2H3. The van der Waals surface area contributed by atoms with Crippen LogP contribution in [0.3, 0.4) is 0 Å². The molecule has 2 atom stereocenters. The average Bonchev–Trinajstić information content (AvgIpc) is 2.80. The Morgan fingerprint density at radius 2 is 1.21 bits per heavy atom. The minimum atomic E-state index is -8.45. The van der Waals surface area contributed by atoms with Gasteiger partial charge in [-0.15, -0.1) is 0 Å². The number of likely N-dealkylation sites (N-methyl/N-ethyl adjacent to an activating group) is 1. The number of quaternary nitrogens is 1. The number of nitrogens with zero attached hydrogens (tertiary/aromatic N) is 2. The van der Waals surface area contributed by atoms with Crippen molar-refractivity contribution in [1.82, 2.24) is 4.31 Å². The second-order valence-corrected chi connectivity index (χ2v) is 13.3. The molecule has 3 N–H and O–H groups in total. The van der Waals surface area contributed by atoms with E-state index in [1.54, 1.807) is 0 Å². The number of hydrogen-bond acceptors (Lipinski definition) is 8. The summed E-state index contributed by atoms with van der Waals surface area (Å²) in [6, 6.07) is -2.46. The second kappa shape index (κ2) is 13.2. The van der Waals surface area contributed by atoms with Crippen LogP contribution in [0.25, 0.3) is 0 Å². The summed E-state index contributed by atoms with van der Waals surface area (Å²) in [7, 11) is -10.5. The number of aliphatic hydroxyl groups is 3. The number of alkyl halides is 13. The van der Waals surface area contributed by atoms with E-state index in [-0.39, 0.29) is 0 Å². The molecular weight excluding hydrogens is 683 g/mol. The molecule has 0 radical (unpaired) electrons. The zero-order chi connectivity index (χ0) is 34.9. The maximum Gasteiger partial charge on any atom is 0.460 e. The summed E-state index contributed by atoms with van der Waals surface area (Å²) in [5.74, 6) is -34.9. The molecule has 0 heterocycles. The fourth-order valence-electron chi connectivity index (χ4n) is 3.50. The molecular formula is C18H27F13N2O8S2. The van der Waals surface area contributed by atoms with Crippen LogP contribution in [-0.4, -0.2) is 145 Å². The van der Waals surface area contributed by atoms with Crippen molar-refractivity contribution in [2.45, 2.75) is 60.1 Å². The molecule has 0 saturated heterocycles. The van der Waals surface area contributed by atoms with Crippen molar-refractivity contribution >= 4 is 20.1 Å². The predicted molar refractivity (Wildman–Crippen MR) is 116 cm³/mol. The third-order valence-electron chi connectivity index (χ3n) is 5.91. The van der Waals surface area contributed by atoms with Crippen molar-refractivity contribution in [3.63, 3.8) is 0 Å². The fourth-order valence-corrected chi connectivity index (χ4v) is 5.67. The summed E-state index contributed by atoms with van der Waals surface area (Å²) in [6.45, 7) is -5.29. The first-order valence-electron chi connectivity index (χ1n) is 11.3. The molecule has 0 amide bonds. The van der Waals surface area contributed by atoms with E-state index in [1.807, 2.05) is 0 Å². The minimum absolute atomic E-state index is 0.390. The molecule has 0 aromatic carbocycles. The van der Waals surface area contributed by atoms with Gasteiger partial charge in [0.05, 0.1) is 50.0 Å². The Morgan fingerprint density at radius 1 is 0.767 bits per heavy atom. The first-order valence-corrected chi connectivity index (χ1v) is 14.4. The third-order valence-corrected chi connectivity index (χ3v) is 8.70. The fraction of sp³-hybridized carbons (Fsp3) is 1.00. The molecule has 260 valence electrons. The predicted octanol–water partition coefficient (Wildman–Crippen LogP) is 1.43. The van der Waals surface area contributed by atoms with E-state index in [0.717, 1.165) is 0 Å². The maximum absolute atomic E-state index is 14.7. The summed E-state index contributed by atoms with van der Waals surface area (Å²) >= 11 is 0. The zero-order valence-corrected chi connectivity index (χ0v) is 23.5. The lowest BCUT2D eigenvalue weighted by Gasteiger charge is -2.41. The molecule has 43 heavy (non-hydrogen) atoms. The molecule has 0 aliphatic heterocycles. The van der Waals surface area contributed by atoms with E-state index in [2.05, 4.69) is 0 Å². The van der Waals surface area contributed by atoms with Crippen LogP contribution in [0.5, 0.6) is 0 Å². The number of sulfonamides is 1. The first kappa shape index (κ1) is 41.8. The lowest BCUT2D eigenvalue weighted by atomic mass is 9.98. The lowest BCUT2D eigenvalue weighted by Crippen LogP contribution is -2.72. The van der Waals surface area contributed by atoms with Crippen LogP contribution in [0.2, 0.25) is 0 Å². The van der Waals surface area contributed by atoms with E-state index >= 15 is 0 Å². The SMILES string of the molecule is C[N+](C)(CCC(CO)N(CCCS(=O)(=O)[O-])S(=O)(=O)C(F)(F)C(F)(F)C(F)(F)C(F)(F)C(F)(F)C(F)(F)F)CC(O)CO. The van der Waals surface area contributed by atoms with Gasteiger partial charge >= 0.3 is 35.1 Å². The normalized spacial score (nSPS) is 16.9. The molecule has 0 aromatic rings. The molecule has 0 aromatic heterocycles. The van der Waals surface area contributed by atoms with E-state index in [0.29, 0.717) is 0 Å². The monoisotopic (exact) mass is 710 g/mol. The summed E-state index contributed by atoms with van der Waals surface area (Å²) in [5, 5.41) is 20.4. The Balaban J connectivity index is 6.96. The van der Waals surface area contributed by atoms with Gasteiger partial charge in [0.1, 0.15) is 12.6 Å². The van der Waals surface area contributed by atoms with Crippen LogP contribution in [-0.2, 0) is 20.1 Å². The highest BCUT2D eigenvalue weighted by molar-refractivity contribution is 7.90. The molecule has 0 fully saturated rings. The summed E-state index contributed by atoms with van der Waals surface area (Å²) < 4.78 is 233. The van der Waals surface area contributed by atoms with Gasteiger partial charge in [0, 0.05) is 18.7 Å². The van der Waals surface area contributed by atoms with Crippen molar-refractivity contribution in [1.29, 1.82) is 0 Å². The van der Waals surface area contributed by atoms with Crippen molar-refractivity contribution in [2.24, 2.45) is 0 Å². The molecule has 0 aliphatic carbocycles. The van der Waals surface area contributed by atoms with E-state index in [9.17, 15) is 88.7 Å². The smallest absolute Gasteiger partial charge is 0.460 e. The molecule has 0 bridgehead atoms. The van der Waals surface area contributed by atoms with Gasteiger partial charge in [-0.3, -0.25) is 0 Å². The summed E-state index contributed by atoms with van der Waals surface area (Å²) in [6.07, 6.45) is -11.6. The van der Waals surface area contributed by atoms with Gasteiger partial charge in [-0.2, -0.15) is 61.4 Å². The Labute approximate surface area is 236 Å². The van der Waals surface area contributed by atoms with Crippen molar-refractivity contribution in [3.8, 4) is 0 Å². The second-order valence-electron chi connectivity index (χ2n) is 9.85. The van der Waals surface area contributed by atoms with Crippen molar-refractivity contribution < 1.29 is 98.3 Å². The van der Waals surface area contributed by atoms with Gasteiger partial charge in [0.25, 0.3) is 10.0 Å². The molecule has 25 heteroatoms. The Kier molecular flexibility index (Phi) is 12.8. The van der Waals surface area contributed by atoms with Crippen LogP contribution in [0.4, 0.5) is 57.1 Å². The topological polar surface area (TPSA) is 155 Å². The zero-order valence-electron chi connectivity index (χ0n) is 21.8. The Bertz CT molecular complexity index is 1150. The number of hydrogen-bond donors (Lipinski definition) is 3. The number of halogens is 13. The molecule has 0 aliphatic rings. The first-order chi connectivity index (χ1) is 18.7. The highest BCUT2D eigenvalue weighted by atomic mass is 32.2. The van der Waals surface area contributed by atoms with Gasteiger partial charge < -0.3 is 24.4 Å². The molecule has 10 nitrogen and oxygen atoms in total. The Morgan fingerprint density at radius 3 is 1.58 bits per heavy atom. The quantitative estimate of drug-likeness (QED) is 0.110. The van der Waals surface area contributed by atoms with Crippen LogP contribution in [0.15, 0.2) is 0 Å². The number of rotatable bonds is 18. The van der Waals surface area contributed by atoms with Crippen LogP contribution >= 0.6 is 0 Å². The van der Waals surface area contributed by atoms with Crippen molar-refractivity contribution in [2.75, 3.05) is 52.7 Å². The van der Waals surface area contributed by atoms with E-state index in [1.165, 1.54) is 14.1 Å². The summed E-state index contributed by atoms with van der Waals surface area (Å²) in [5.41, 5.74) is 0. The van der Waals surface area contributed by atoms with E-state index in [4.69, 9.17) is 5.11 Å². The highest BCUT2D eigenvalue weighted by Gasteiger charge is 2.92. The van der Waals surface area contributed by atoms with Gasteiger partial charge in [-0.1, -0.05) is 0 Å². The molecule has 0 spiro atoms. The average molecular weight is 711 g/mol. The van der Waals surface area contributed by atoms with Crippen molar-refractivity contribution in [3.05, 3.63) is 0 Å². The molecule has 0 rings (SSSR count). The highest BCUT2D eigenvalue weighted by Crippen LogP contribution is 2.61. The van der Waals surface area contributed by atoms with Crippen LogP contribution < -0.4 is 0 Å². The largest absolute Gasteiger partial charge is 0.748 e.